The molecule has 1 atom stereocenters. The predicted octanol–water partition coefficient (Wildman–Crippen LogP) is 3.04. The molecule has 2 N–H and O–H groups in total. The molecular formula is C24H36N4O3. The molecule has 1 aliphatic carbocycles. The van der Waals surface area contributed by atoms with Crippen LogP contribution in [0, 0.1) is 5.92 Å². The van der Waals surface area contributed by atoms with E-state index in [2.05, 4.69) is 46.5 Å². The summed E-state index contributed by atoms with van der Waals surface area (Å²) in [6.07, 6.45) is 6.75. The molecule has 7 nitrogen and oxygen atoms in total. The molecule has 1 aromatic rings. The number of likely N-dealkylation sites (tertiary alicyclic amines) is 1. The molecule has 170 valence electrons. The van der Waals surface area contributed by atoms with Crippen LogP contribution in [-0.4, -0.2) is 56.3 Å². The average Bonchev–Trinajstić information content (AvgIpc) is 3.45. The lowest BCUT2D eigenvalue weighted by atomic mass is 9.84. The Morgan fingerprint density at radius 3 is 2.71 bits per heavy atom. The number of ether oxygens (including phenoxy) is 2. The van der Waals surface area contributed by atoms with Gasteiger partial charge in [-0.15, -0.1) is 0 Å². The molecule has 2 fully saturated rings. The molecule has 1 saturated heterocycles. The van der Waals surface area contributed by atoms with E-state index in [-0.39, 0.29) is 24.2 Å². The number of carbonyl (C=O) groups excluding carboxylic acids is 1. The third kappa shape index (κ3) is 5.08. The molecule has 0 bridgehead atoms. The van der Waals surface area contributed by atoms with Gasteiger partial charge in [-0.25, -0.2) is 0 Å². The fraction of sp³-hybridized carbons (Fsp3) is 0.667. The predicted molar refractivity (Wildman–Crippen MR) is 122 cm³/mol. The molecule has 31 heavy (non-hydrogen) atoms. The van der Waals surface area contributed by atoms with E-state index in [0.29, 0.717) is 5.91 Å². The van der Waals surface area contributed by atoms with Gasteiger partial charge in [0.25, 0.3) is 0 Å². The highest BCUT2D eigenvalue weighted by molar-refractivity contribution is 5.81. The van der Waals surface area contributed by atoms with Gasteiger partial charge < -0.3 is 25.0 Å². The molecule has 3 aliphatic rings. The van der Waals surface area contributed by atoms with E-state index in [1.54, 1.807) is 7.05 Å². The summed E-state index contributed by atoms with van der Waals surface area (Å²) in [6, 6.07) is 6.37. The fourth-order valence-corrected chi connectivity index (χ4v) is 4.80. The standard InChI is InChI=1S/C24H36N4O3/c1-24(2,18-9-10-20-21(13-18)31-16-30-20)15-26-23(25-3)27-19-11-12-28(14-19)22(29)17-7-5-4-6-8-17/h9-10,13,17,19H,4-8,11-12,14-16H2,1-3H3,(H2,25,26,27). The summed E-state index contributed by atoms with van der Waals surface area (Å²) >= 11 is 0. The first-order valence-corrected chi connectivity index (χ1v) is 11.6. The van der Waals surface area contributed by atoms with Crippen LogP contribution in [-0.2, 0) is 10.2 Å². The van der Waals surface area contributed by atoms with E-state index < -0.39 is 0 Å². The maximum Gasteiger partial charge on any atom is 0.231 e. The molecule has 4 rings (SSSR count). The normalized spacial score (nSPS) is 22.0. The molecular weight excluding hydrogens is 392 g/mol. The van der Waals surface area contributed by atoms with Crippen molar-refractivity contribution < 1.29 is 14.3 Å². The average molecular weight is 429 g/mol. The number of nitrogens with one attached hydrogen (secondary N) is 2. The van der Waals surface area contributed by atoms with Crippen LogP contribution in [0.3, 0.4) is 0 Å². The van der Waals surface area contributed by atoms with Crippen LogP contribution in [0.1, 0.15) is 57.9 Å². The Hall–Kier alpha value is -2.44. The van der Waals surface area contributed by atoms with E-state index in [1.807, 2.05) is 6.07 Å². The summed E-state index contributed by atoms with van der Waals surface area (Å²) in [4.78, 5) is 19.3. The van der Waals surface area contributed by atoms with Gasteiger partial charge in [0, 0.05) is 44.1 Å². The van der Waals surface area contributed by atoms with Gasteiger partial charge in [-0.05, 0) is 37.0 Å². The zero-order chi connectivity index (χ0) is 21.8. The first-order valence-electron chi connectivity index (χ1n) is 11.6. The van der Waals surface area contributed by atoms with Crippen molar-refractivity contribution in [3.63, 3.8) is 0 Å². The molecule has 1 saturated carbocycles. The van der Waals surface area contributed by atoms with Gasteiger partial charge >= 0.3 is 0 Å². The van der Waals surface area contributed by atoms with Gasteiger partial charge in [-0.3, -0.25) is 9.79 Å². The van der Waals surface area contributed by atoms with Gasteiger partial charge in [0.1, 0.15) is 0 Å². The summed E-state index contributed by atoms with van der Waals surface area (Å²) in [5.41, 5.74) is 1.07. The quantitative estimate of drug-likeness (QED) is 0.557. The summed E-state index contributed by atoms with van der Waals surface area (Å²) in [6.45, 7) is 7.02. The fourth-order valence-electron chi connectivity index (χ4n) is 4.80. The highest BCUT2D eigenvalue weighted by atomic mass is 16.7. The summed E-state index contributed by atoms with van der Waals surface area (Å²) < 4.78 is 11.0. The second-order valence-electron chi connectivity index (χ2n) is 9.63. The van der Waals surface area contributed by atoms with Gasteiger partial charge in [-0.2, -0.15) is 0 Å². The Morgan fingerprint density at radius 1 is 1.16 bits per heavy atom. The summed E-state index contributed by atoms with van der Waals surface area (Å²) in [5.74, 6) is 2.99. The van der Waals surface area contributed by atoms with Crippen molar-refractivity contribution in [2.45, 2.75) is 63.8 Å². The third-order valence-electron chi connectivity index (χ3n) is 6.87. The minimum atomic E-state index is -0.114. The minimum Gasteiger partial charge on any atom is -0.454 e. The van der Waals surface area contributed by atoms with Crippen molar-refractivity contribution >= 4 is 11.9 Å². The molecule has 1 unspecified atom stereocenters. The minimum absolute atomic E-state index is 0.114. The first-order chi connectivity index (χ1) is 15.0. The second kappa shape index (κ2) is 9.37. The van der Waals surface area contributed by atoms with Crippen LogP contribution in [0.4, 0.5) is 0 Å². The van der Waals surface area contributed by atoms with Crippen molar-refractivity contribution in [3.8, 4) is 11.5 Å². The highest BCUT2D eigenvalue weighted by Gasteiger charge is 2.32. The Labute approximate surface area is 185 Å². The van der Waals surface area contributed by atoms with E-state index in [4.69, 9.17) is 9.47 Å². The summed E-state index contributed by atoms with van der Waals surface area (Å²) in [5, 5.41) is 6.99. The second-order valence-corrected chi connectivity index (χ2v) is 9.63. The van der Waals surface area contributed by atoms with Crippen LogP contribution >= 0.6 is 0 Å². The monoisotopic (exact) mass is 428 g/mol. The number of nitrogens with zero attached hydrogens (tertiary/aromatic N) is 2. The van der Waals surface area contributed by atoms with Crippen molar-refractivity contribution in [2.24, 2.45) is 10.9 Å². The highest BCUT2D eigenvalue weighted by Crippen LogP contribution is 2.36. The first kappa shape index (κ1) is 21.8. The van der Waals surface area contributed by atoms with E-state index in [9.17, 15) is 4.79 Å². The van der Waals surface area contributed by atoms with Crippen LogP contribution in [0.25, 0.3) is 0 Å². The van der Waals surface area contributed by atoms with Crippen molar-refractivity contribution in [2.75, 3.05) is 33.5 Å². The number of guanidine groups is 1. The van der Waals surface area contributed by atoms with Crippen LogP contribution in [0.5, 0.6) is 11.5 Å². The van der Waals surface area contributed by atoms with Crippen LogP contribution in [0.2, 0.25) is 0 Å². The van der Waals surface area contributed by atoms with Crippen LogP contribution < -0.4 is 20.1 Å². The molecule has 1 aromatic carbocycles. The smallest absolute Gasteiger partial charge is 0.231 e. The number of hydrogen-bond donors (Lipinski definition) is 2. The molecule has 1 amide bonds. The van der Waals surface area contributed by atoms with Crippen molar-refractivity contribution in [1.29, 1.82) is 0 Å². The van der Waals surface area contributed by atoms with Crippen molar-refractivity contribution in [3.05, 3.63) is 23.8 Å². The number of rotatable bonds is 5. The Morgan fingerprint density at radius 2 is 1.94 bits per heavy atom. The zero-order valence-corrected chi connectivity index (χ0v) is 19.1. The molecule has 0 spiro atoms. The van der Waals surface area contributed by atoms with Gasteiger partial charge in [0.15, 0.2) is 17.5 Å². The molecule has 2 aliphatic heterocycles. The number of amides is 1. The number of hydrogen-bond acceptors (Lipinski definition) is 4. The molecule has 0 aromatic heterocycles. The lowest BCUT2D eigenvalue weighted by molar-refractivity contribution is -0.135. The summed E-state index contributed by atoms with van der Waals surface area (Å²) in [7, 11) is 1.79. The Balaban J connectivity index is 1.28. The van der Waals surface area contributed by atoms with E-state index in [0.717, 1.165) is 56.4 Å². The maximum atomic E-state index is 12.8. The van der Waals surface area contributed by atoms with E-state index in [1.165, 1.54) is 24.8 Å². The Kier molecular flexibility index (Phi) is 6.58. The molecule has 2 heterocycles. The number of fused-ring (bicyclic) bond motifs is 1. The van der Waals surface area contributed by atoms with Gasteiger partial charge in [0.2, 0.25) is 12.7 Å². The lowest BCUT2D eigenvalue weighted by Gasteiger charge is -2.28. The number of aliphatic imine (C=N–C) groups is 1. The van der Waals surface area contributed by atoms with E-state index >= 15 is 0 Å². The topological polar surface area (TPSA) is 75.2 Å². The van der Waals surface area contributed by atoms with Gasteiger partial charge in [0.05, 0.1) is 0 Å². The third-order valence-corrected chi connectivity index (χ3v) is 6.87. The Bertz CT molecular complexity index is 817. The number of carbonyl (C=O) groups is 1. The molecule has 0 radical (unpaired) electrons. The largest absolute Gasteiger partial charge is 0.454 e. The van der Waals surface area contributed by atoms with Gasteiger partial charge in [-0.1, -0.05) is 39.2 Å². The van der Waals surface area contributed by atoms with Crippen molar-refractivity contribution in [1.82, 2.24) is 15.5 Å². The lowest BCUT2D eigenvalue weighted by Crippen LogP contribution is -2.48. The van der Waals surface area contributed by atoms with Crippen LogP contribution in [0.15, 0.2) is 23.2 Å². The molecule has 7 heteroatoms. The zero-order valence-electron chi connectivity index (χ0n) is 19.1. The number of benzene rings is 1. The maximum absolute atomic E-state index is 12.8. The SMILES string of the molecule is CN=C(NCC(C)(C)c1ccc2c(c1)OCO2)NC1CCN(C(=O)C2CCCCC2)C1.